The number of carbonyl (C=O) groups excluding carboxylic acids is 4. The summed E-state index contributed by atoms with van der Waals surface area (Å²) >= 11 is 0. The van der Waals surface area contributed by atoms with Crippen molar-refractivity contribution < 1.29 is 80.2 Å². The van der Waals surface area contributed by atoms with Gasteiger partial charge in [-0.05, 0) is 49.4 Å². The molecule has 19 heteroatoms. The topological polar surface area (TPSA) is 237 Å². The normalized spacial score (nSPS) is 14.6. The van der Waals surface area contributed by atoms with Gasteiger partial charge < -0.3 is 33.8 Å². The van der Waals surface area contributed by atoms with Crippen LogP contribution < -0.4 is 0 Å². The number of aliphatic hydroxyl groups is 1. The van der Waals surface area contributed by atoms with Crippen molar-refractivity contribution in [3.05, 3.63) is 0 Å². The average Bonchev–Trinajstić information content (AvgIpc) is 3.54. The fourth-order valence-electron chi connectivity index (χ4n) is 10.6. The van der Waals surface area contributed by atoms with Gasteiger partial charge in [0.25, 0.3) is 0 Å². The summed E-state index contributed by atoms with van der Waals surface area (Å²) in [6.45, 7) is 14.1. The van der Waals surface area contributed by atoms with Gasteiger partial charge in [0.1, 0.15) is 19.3 Å². The molecule has 17 nitrogen and oxygen atoms in total. The number of phosphoric acid groups is 2. The van der Waals surface area contributed by atoms with E-state index in [1.807, 2.05) is 0 Å². The molecule has 0 aromatic heterocycles. The van der Waals surface area contributed by atoms with E-state index in [0.29, 0.717) is 31.6 Å². The lowest BCUT2D eigenvalue weighted by molar-refractivity contribution is -0.161. The fraction of sp³-hybridized carbons (Fsp3) is 0.944. The van der Waals surface area contributed by atoms with Gasteiger partial charge in [-0.2, -0.15) is 0 Å². The van der Waals surface area contributed by atoms with E-state index < -0.39 is 97.5 Å². The first kappa shape index (κ1) is 88.1. The van der Waals surface area contributed by atoms with E-state index in [1.165, 1.54) is 154 Å². The van der Waals surface area contributed by atoms with Gasteiger partial charge in [0.2, 0.25) is 0 Å². The number of ether oxygens (including phenoxy) is 4. The zero-order valence-corrected chi connectivity index (χ0v) is 60.6. The molecule has 0 radical (unpaired) electrons. The molecule has 0 aliphatic carbocycles. The van der Waals surface area contributed by atoms with Crippen LogP contribution in [-0.2, 0) is 65.4 Å². The number of esters is 4. The van der Waals surface area contributed by atoms with Crippen LogP contribution in [0.1, 0.15) is 351 Å². The molecule has 0 aliphatic heterocycles. The molecule has 534 valence electrons. The Balaban J connectivity index is 5.24. The molecule has 0 rings (SSSR count). The Labute approximate surface area is 549 Å². The first-order chi connectivity index (χ1) is 43.1. The average molecular weight is 1330 g/mol. The zero-order chi connectivity index (χ0) is 66.8. The zero-order valence-electron chi connectivity index (χ0n) is 58.8. The fourth-order valence-corrected chi connectivity index (χ4v) is 12.2. The van der Waals surface area contributed by atoms with Crippen LogP contribution in [0.15, 0.2) is 0 Å². The van der Waals surface area contributed by atoms with E-state index in [2.05, 4.69) is 55.4 Å². The number of aliphatic hydroxyl groups excluding tert-OH is 1. The quantitative estimate of drug-likeness (QED) is 0.0222. The van der Waals surface area contributed by atoms with Crippen molar-refractivity contribution in [1.82, 2.24) is 0 Å². The van der Waals surface area contributed by atoms with E-state index in [-0.39, 0.29) is 25.7 Å². The lowest BCUT2D eigenvalue weighted by Gasteiger charge is -2.21. The molecule has 0 saturated heterocycles. The second-order valence-corrected chi connectivity index (χ2v) is 30.2. The predicted octanol–water partition coefficient (Wildman–Crippen LogP) is 20.1. The van der Waals surface area contributed by atoms with Gasteiger partial charge in [-0.15, -0.1) is 0 Å². The predicted molar refractivity (Wildman–Crippen MR) is 363 cm³/mol. The van der Waals surface area contributed by atoms with E-state index in [4.69, 9.17) is 37.0 Å². The first-order valence-electron chi connectivity index (χ1n) is 36.7. The Morgan fingerprint density at radius 1 is 0.311 bits per heavy atom. The molecule has 90 heavy (non-hydrogen) atoms. The summed E-state index contributed by atoms with van der Waals surface area (Å²) in [4.78, 5) is 72.6. The van der Waals surface area contributed by atoms with Gasteiger partial charge in [-0.3, -0.25) is 37.3 Å². The van der Waals surface area contributed by atoms with Crippen molar-refractivity contribution in [3.8, 4) is 0 Å². The van der Waals surface area contributed by atoms with Crippen LogP contribution in [0, 0.1) is 23.7 Å². The largest absolute Gasteiger partial charge is 0.472 e. The Morgan fingerprint density at radius 2 is 0.533 bits per heavy atom. The summed E-state index contributed by atoms with van der Waals surface area (Å²) < 4.78 is 68.3. The Morgan fingerprint density at radius 3 is 0.789 bits per heavy atom. The molecule has 0 aromatic carbocycles. The van der Waals surface area contributed by atoms with Gasteiger partial charge >= 0.3 is 39.5 Å². The first-order valence-corrected chi connectivity index (χ1v) is 39.7. The van der Waals surface area contributed by atoms with Gasteiger partial charge in [0.05, 0.1) is 26.4 Å². The summed E-state index contributed by atoms with van der Waals surface area (Å²) in [6.07, 6.45) is 43.1. The maximum Gasteiger partial charge on any atom is 0.472 e. The molecule has 3 N–H and O–H groups in total. The standard InChI is InChI=1S/C71H138O17P2/c1-9-64(8)50-42-34-26-17-14-15-19-29-37-45-53-70(75)87-66(57-82-69(74)52-44-36-28-21-20-24-32-40-48-62(4)5)59-85-89(77,78)83-55-65(72)56-84-90(79,80)86-60-67(88-71(76)54-46-38-30-22-25-33-41-49-63(6)7)58-81-68(73)51-43-35-27-18-13-11-10-12-16-23-31-39-47-61(2)3/h61-67,72H,9-60H2,1-8H3,(H,77,78)(H,79,80)/t64?,65?,66-,67-/m1/s1. The summed E-state index contributed by atoms with van der Waals surface area (Å²) in [5.74, 6) is 0.877. The van der Waals surface area contributed by atoms with Gasteiger partial charge in [-0.1, -0.05) is 299 Å². The number of hydrogen-bond acceptors (Lipinski definition) is 15. The highest BCUT2D eigenvalue weighted by molar-refractivity contribution is 7.47. The van der Waals surface area contributed by atoms with Crippen LogP contribution >= 0.6 is 15.6 Å². The Hall–Kier alpha value is -1.94. The van der Waals surface area contributed by atoms with Gasteiger partial charge in [0, 0.05) is 25.7 Å². The van der Waals surface area contributed by atoms with Crippen LogP contribution in [0.4, 0.5) is 0 Å². The number of rotatable bonds is 68. The third-order valence-electron chi connectivity index (χ3n) is 16.7. The number of phosphoric ester groups is 2. The highest BCUT2D eigenvalue weighted by atomic mass is 31.2. The monoisotopic (exact) mass is 1320 g/mol. The van der Waals surface area contributed by atoms with Crippen molar-refractivity contribution in [1.29, 1.82) is 0 Å². The highest BCUT2D eigenvalue weighted by Gasteiger charge is 2.30. The van der Waals surface area contributed by atoms with Crippen LogP contribution in [0.3, 0.4) is 0 Å². The van der Waals surface area contributed by atoms with Crippen molar-refractivity contribution in [2.45, 2.75) is 369 Å². The second-order valence-electron chi connectivity index (χ2n) is 27.3. The van der Waals surface area contributed by atoms with Crippen LogP contribution in [0.5, 0.6) is 0 Å². The highest BCUT2D eigenvalue weighted by Crippen LogP contribution is 2.45. The lowest BCUT2D eigenvalue weighted by atomic mass is 9.99. The number of carbonyl (C=O) groups is 4. The van der Waals surface area contributed by atoms with Crippen LogP contribution in [0.25, 0.3) is 0 Å². The van der Waals surface area contributed by atoms with Gasteiger partial charge in [0.15, 0.2) is 12.2 Å². The summed E-state index contributed by atoms with van der Waals surface area (Å²) in [6, 6.07) is 0. The smallest absolute Gasteiger partial charge is 0.462 e. The molecule has 0 heterocycles. The summed E-state index contributed by atoms with van der Waals surface area (Å²) in [7, 11) is -9.90. The minimum Gasteiger partial charge on any atom is -0.462 e. The summed E-state index contributed by atoms with van der Waals surface area (Å²) in [5, 5.41) is 10.6. The molecule has 0 aliphatic rings. The minimum atomic E-state index is -4.95. The molecule has 0 fully saturated rings. The third-order valence-corrected chi connectivity index (χ3v) is 18.6. The van der Waals surface area contributed by atoms with E-state index in [9.17, 15) is 43.2 Å². The minimum absolute atomic E-state index is 0.103. The summed E-state index contributed by atoms with van der Waals surface area (Å²) in [5.41, 5.74) is 0. The Kier molecular flexibility index (Phi) is 59.4. The maximum absolute atomic E-state index is 13.0. The molecule has 0 amide bonds. The number of unbranched alkanes of at least 4 members (excludes halogenated alkanes) is 33. The maximum atomic E-state index is 13.0. The second kappa shape index (κ2) is 60.7. The van der Waals surface area contributed by atoms with Crippen LogP contribution in [-0.4, -0.2) is 96.7 Å². The van der Waals surface area contributed by atoms with Gasteiger partial charge in [-0.25, -0.2) is 9.13 Å². The van der Waals surface area contributed by atoms with Crippen molar-refractivity contribution in [2.24, 2.45) is 23.7 Å². The van der Waals surface area contributed by atoms with Crippen LogP contribution in [0.2, 0.25) is 0 Å². The van der Waals surface area contributed by atoms with Crippen molar-refractivity contribution >= 4 is 39.5 Å². The molecular formula is C71H138O17P2. The SMILES string of the molecule is CCC(C)CCCCCCCCCCCCC(=O)O[C@H](COC(=O)CCCCCCCCCCC(C)C)COP(=O)(O)OCC(O)COP(=O)(O)OC[C@@H](COC(=O)CCCCCCCCCCCCCCC(C)C)OC(=O)CCCCCCCCCC(C)C. The van der Waals surface area contributed by atoms with Crippen molar-refractivity contribution in [2.75, 3.05) is 39.6 Å². The molecule has 0 spiro atoms. The lowest BCUT2D eigenvalue weighted by Crippen LogP contribution is -2.30. The van der Waals surface area contributed by atoms with E-state index in [0.717, 1.165) is 108 Å². The molecule has 6 atom stereocenters. The van der Waals surface area contributed by atoms with E-state index in [1.54, 1.807) is 0 Å². The van der Waals surface area contributed by atoms with Crippen molar-refractivity contribution in [3.63, 3.8) is 0 Å². The molecule has 0 bridgehead atoms. The van der Waals surface area contributed by atoms with E-state index >= 15 is 0 Å². The number of hydrogen-bond donors (Lipinski definition) is 3. The third kappa shape index (κ3) is 63.5. The molecule has 4 unspecified atom stereocenters. The Bertz CT molecular complexity index is 1780. The molecule has 0 aromatic rings. The molecule has 0 saturated carbocycles. The molecular weight excluding hydrogens is 1190 g/mol.